The molecule has 3 nitrogen and oxygen atoms in total. The molecular formula is C46H60IrNO2-. The molecule has 1 N–H and O–H groups in total. The Morgan fingerprint density at radius 2 is 1.40 bits per heavy atom. The van der Waals surface area contributed by atoms with Gasteiger partial charge in [-0.1, -0.05) is 103 Å². The summed E-state index contributed by atoms with van der Waals surface area (Å²) in [7, 11) is 0. The van der Waals surface area contributed by atoms with E-state index in [1.54, 1.807) is 6.08 Å². The zero-order valence-electron chi connectivity index (χ0n) is 30.4. The number of aliphatic hydroxyl groups is 1. The molecule has 271 valence electrons. The molecule has 1 radical (unpaired) electrons. The Hall–Kier alpha value is -2.81. The number of carbonyl (C=O) groups is 1. The minimum Gasteiger partial charge on any atom is -0.512 e. The quantitative estimate of drug-likeness (QED) is 0.124. The van der Waals surface area contributed by atoms with E-state index in [-0.39, 0.29) is 45.2 Å². The summed E-state index contributed by atoms with van der Waals surface area (Å²) in [5.41, 5.74) is 4.41. The maximum atomic E-state index is 12.4. The molecule has 3 saturated carbocycles. The third-order valence-electron chi connectivity index (χ3n) is 12.0. The Bertz CT molecular complexity index is 1740. The molecule has 3 fully saturated rings. The molecule has 4 heteroatoms. The molecule has 0 amide bonds. The zero-order chi connectivity index (χ0) is 33.9. The van der Waals surface area contributed by atoms with Crippen molar-refractivity contribution in [3.63, 3.8) is 0 Å². The minimum absolute atomic E-state index is 0. The van der Waals surface area contributed by atoms with Crippen molar-refractivity contribution >= 4 is 27.3 Å². The number of ketones is 1. The van der Waals surface area contributed by atoms with Crippen molar-refractivity contribution in [3.05, 3.63) is 90.3 Å². The second kappa shape index (κ2) is 17.1. The van der Waals surface area contributed by atoms with Crippen LogP contribution in [0, 0.1) is 34.7 Å². The molecule has 4 aromatic rings. The van der Waals surface area contributed by atoms with Crippen LogP contribution in [0.2, 0.25) is 0 Å². The van der Waals surface area contributed by atoms with Crippen LogP contribution in [0.15, 0.2) is 78.7 Å². The fourth-order valence-corrected chi connectivity index (χ4v) is 8.36. The molecule has 0 saturated heterocycles. The summed E-state index contributed by atoms with van der Waals surface area (Å²) in [5, 5.41) is 15.2. The van der Waals surface area contributed by atoms with Crippen molar-refractivity contribution in [2.24, 2.45) is 28.6 Å². The van der Waals surface area contributed by atoms with Gasteiger partial charge in [-0.3, -0.25) is 4.79 Å². The van der Waals surface area contributed by atoms with Gasteiger partial charge in [0.1, 0.15) is 0 Å². The van der Waals surface area contributed by atoms with Gasteiger partial charge >= 0.3 is 0 Å². The van der Waals surface area contributed by atoms with Crippen LogP contribution in [0.5, 0.6) is 0 Å². The van der Waals surface area contributed by atoms with Crippen molar-refractivity contribution in [3.8, 4) is 11.3 Å². The molecule has 3 aromatic carbocycles. The summed E-state index contributed by atoms with van der Waals surface area (Å²) in [6.07, 6.45) is 17.4. The van der Waals surface area contributed by atoms with Gasteiger partial charge in [-0.2, -0.15) is 0 Å². The molecule has 0 spiro atoms. The smallest absolute Gasteiger partial charge is 0.162 e. The monoisotopic (exact) mass is 851 g/mol. The minimum atomic E-state index is 0. The second-order valence-corrected chi connectivity index (χ2v) is 16.9. The summed E-state index contributed by atoms with van der Waals surface area (Å²) in [4.78, 5) is 17.1. The van der Waals surface area contributed by atoms with Crippen LogP contribution < -0.4 is 0 Å². The van der Waals surface area contributed by atoms with Crippen molar-refractivity contribution in [2.75, 3.05) is 0 Å². The van der Waals surface area contributed by atoms with Crippen LogP contribution in [0.1, 0.15) is 131 Å². The van der Waals surface area contributed by atoms with E-state index in [0.717, 1.165) is 68.5 Å². The van der Waals surface area contributed by atoms with E-state index < -0.39 is 0 Å². The van der Waals surface area contributed by atoms with E-state index in [2.05, 4.69) is 95.3 Å². The van der Waals surface area contributed by atoms with Gasteiger partial charge < -0.3 is 10.1 Å². The first kappa shape index (κ1) is 40.0. The number of allylic oxidation sites excluding steroid dienone is 2. The summed E-state index contributed by atoms with van der Waals surface area (Å²) >= 11 is 0. The third-order valence-corrected chi connectivity index (χ3v) is 12.0. The van der Waals surface area contributed by atoms with Crippen LogP contribution in [0.4, 0.5) is 0 Å². The number of aromatic nitrogens is 1. The van der Waals surface area contributed by atoms with E-state index >= 15 is 0 Å². The number of aliphatic hydroxyl groups excluding tert-OH is 1. The average Bonchev–Trinajstić information content (AvgIpc) is 3.08. The maximum Gasteiger partial charge on any atom is 0.162 e. The Labute approximate surface area is 316 Å². The number of carbonyl (C=O) groups excluding carboxylic acids is 1. The Balaban J connectivity index is 0.000000223. The van der Waals surface area contributed by atoms with Crippen molar-refractivity contribution in [1.29, 1.82) is 0 Å². The SMILES string of the molecule is C.CC1(C)CCC(C(=O)C=C(O)C2CCC(C)(C)CC2)CC1.CC1CCC(c2ccc3c(-c4[c-]ccc5ccccc45)nccc3c2)CC1.[Ir]. The molecule has 3 aliphatic rings. The summed E-state index contributed by atoms with van der Waals surface area (Å²) in [6, 6.07) is 25.2. The summed E-state index contributed by atoms with van der Waals surface area (Å²) in [5.74, 6) is 2.46. The molecule has 0 aliphatic heterocycles. The van der Waals surface area contributed by atoms with Crippen LogP contribution in [-0.2, 0) is 24.9 Å². The molecule has 50 heavy (non-hydrogen) atoms. The summed E-state index contributed by atoms with van der Waals surface area (Å²) < 4.78 is 0. The van der Waals surface area contributed by atoms with E-state index in [9.17, 15) is 9.90 Å². The molecule has 0 atom stereocenters. The fraction of sp³-hybridized carbons (Fsp3) is 0.522. The van der Waals surface area contributed by atoms with Crippen LogP contribution in [-0.4, -0.2) is 15.9 Å². The molecule has 0 unspecified atom stereocenters. The average molecular weight is 851 g/mol. The van der Waals surface area contributed by atoms with Gasteiger partial charge in [-0.15, -0.1) is 29.1 Å². The second-order valence-electron chi connectivity index (χ2n) is 16.9. The first-order valence-electron chi connectivity index (χ1n) is 18.7. The first-order valence-corrected chi connectivity index (χ1v) is 18.7. The van der Waals surface area contributed by atoms with Crippen LogP contribution in [0.3, 0.4) is 0 Å². The molecule has 0 bridgehead atoms. The Morgan fingerprint density at radius 3 is 2.06 bits per heavy atom. The van der Waals surface area contributed by atoms with Gasteiger partial charge in [0.2, 0.25) is 0 Å². The van der Waals surface area contributed by atoms with Gasteiger partial charge in [-0.05, 0) is 115 Å². The number of nitrogens with zero attached hydrogens (tertiary/aromatic N) is 1. The van der Waals surface area contributed by atoms with E-state index in [4.69, 9.17) is 4.98 Å². The van der Waals surface area contributed by atoms with E-state index in [1.807, 2.05) is 12.3 Å². The molecule has 1 heterocycles. The molecule has 3 aliphatic carbocycles. The maximum absolute atomic E-state index is 12.4. The Morgan fingerprint density at radius 1 is 0.780 bits per heavy atom. The van der Waals surface area contributed by atoms with E-state index in [1.165, 1.54) is 52.8 Å². The van der Waals surface area contributed by atoms with Gasteiger partial charge in [0.05, 0.1) is 5.76 Å². The predicted molar refractivity (Wildman–Crippen MR) is 208 cm³/mol. The Kier molecular flexibility index (Phi) is 13.7. The normalized spacial score (nSPS) is 22.5. The molecular weight excluding hydrogens is 791 g/mol. The zero-order valence-corrected chi connectivity index (χ0v) is 32.8. The first-order chi connectivity index (χ1) is 23.0. The summed E-state index contributed by atoms with van der Waals surface area (Å²) in [6.45, 7) is 11.5. The van der Waals surface area contributed by atoms with Gasteiger partial charge in [0.15, 0.2) is 5.78 Å². The van der Waals surface area contributed by atoms with Crippen molar-refractivity contribution in [2.45, 2.75) is 125 Å². The van der Waals surface area contributed by atoms with Gasteiger partial charge in [-0.25, -0.2) is 0 Å². The van der Waals surface area contributed by atoms with Crippen molar-refractivity contribution < 1.29 is 30.0 Å². The van der Waals surface area contributed by atoms with Crippen LogP contribution >= 0.6 is 0 Å². The number of hydrogen-bond acceptors (Lipinski definition) is 3. The largest absolute Gasteiger partial charge is 0.512 e. The number of rotatable bonds is 5. The van der Waals surface area contributed by atoms with Gasteiger partial charge in [0, 0.05) is 44.2 Å². The number of hydrogen-bond donors (Lipinski definition) is 1. The predicted octanol–water partition coefficient (Wildman–Crippen LogP) is 13.2. The number of fused-ring (bicyclic) bond motifs is 2. The third kappa shape index (κ3) is 9.74. The molecule has 1 aromatic heterocycles. The standard InChI is InChI=1S/C26H24N.C19H32O2.CH4.Ir/c1-18-9-11-19(12-10-18)21-13-14-24-22(17-21)15-16-27-26(24)25-8-4-6-20-5-2-3-7-23(20)25;1-18(2)9-5-14(6-10-18)16(20)13-17(21)15-7-11-19(3,4)12-8-15;;/h2-7,13-19H,9-12H2,1H3;13-15,20H,5-12H2,1-4H3;1H4;/q-1;;;. The van der Waals surface area contributed by atoms with Crippen LogP contribution in [0.25, 0.3) is 32.8 Å². The van der Waals surface area contributed by atoms with E-state index in [0.29, 0.717) is 22.5 Å². The molecule has 7 rings (SSSR count). The number of pyridine rings is 1. The van der Waals surface area contributed by atoms with Crippen molar-refractivity contribution in [1.82, 2.24) is 4.98 Å². The van der Waals surface area contributed by atoms with Gasteiger partial charge in [0.25, 0.3) is 0 Å². The fourth-order valence-electron chi connectivity index (χ4n) is 8.36. The number of benzene rings is 3. The topological polar surface area (TPSA) is 50.2 Å².